The van der Waals surface area contributed by atoms with E-state index < -0.39 is 0 Å². The molecular formula is C12H15FN4. The van der Waals surface area contributed by atoms with Gasteiger partial charge in [-0.1, -0.05) is 6.07 Å². The van der Waals surface area contributed by atoms with Crippen molar-refractivity contribution < 1.29 is 4.39 Å². The second-order valence-corrected chi connectivity index (χ2v) is 4.08. The quantitative estimate of drug-likeness (QED) is 0.839. The zero-order chi connectivity index (χ0) is 12.6. The first-order valence-corrected chi connectivity index (χ1v) is 5.31. The molecule has 1 aromatic heterocycles. The zero-order valence-corrected chi connectivity index (χ0v) is 10.1. The molecule has 0 bridgehead atoms. The van der Waals surface area contributed by atoms with E-state index in [1.807, 2.05) is 19.9 Å². The Morgan fingerprint density at radius 1 is 1.35 bits per heavy atom. The maximum atomic E-state index is 13.7. The summed E-state index contributed by atoms with van der Waals surface area (Å²) in [7, 11) is 1.76. The number of hydrogen-bond donors (Lipinski definition) is 2. The number of nitrogens with one attached hydrogen (secondary N) is 1. The van der Waals surface area contributed by atoms with E-state index in [1.54, 1.807) is 17.8 Å². The molecule has 3 N–H and O–H groups in total. The Morgan fingerprint density at radius 3 is 2.59 bits per heavy atom. The van der Waals surface area contributed by atoms with E-state index in [2.05, 4.69) is 10.4 Å². The van der Waals surface area contributed by atoms with Crippen LogP contribution in [-0.4, -0.2) is 9.78 Å². The average molecular weight is 234 g/mol. The molecule has 1 aromatic carbocycles. The lowest BCUT2D eigenvalue weighted by Crippen LogP contribution is -2.02. The van der Waals surface area contributed by atoms with Crippen LogP contribution >= 0.6 is 0 Å². The second kappa shape index (κ2) is 4.08. The average Bonchev–Trinajstić information content (AvgIpc) is 2.48. The summed E-state index contributed by atoms with van der Waals surface area (Å²) in [5.74, 6) is 0.300. The molecule has 0 radical (unpaired) electrons. The fraction of sp³-hybridized carbons (Fsp3) is 0.250. The van der Waals surface area contributed by atoms with Crippen LogP contribution in [0.4, 0.5) is 21.6 Å². The van der Waals surface area contributed by atoms with E-state index in [0.29, 0.717) is 17.2 Å². The number of anilines is 3. The van der Waals surface area contributed by atoms with Crippen molar-refractivity contribution in [3.63, 3.8) is 0 Å². The lowest BCUT2D eigenvalue weighted by molar-refractivity contribution is 0.630. The van der Waals surface area contributed by atoms with Crippen molar-refractivity contribution in [3.05, 3.63) is 35.3 Å². The van der Waals surface area contributed by atoms with Gasteiger partial charge in [0, 0.05) is 7.05 Å². The van der Waals surface area contributed by atoms with Gasteiger partial charge in [0.25, 0.3) is 0 Å². The Balaban J connectivity index is 2.38. The highest BCUT2D eigenvalue weighted by Crippen LogP contribution is 2.26. The van der Waals surface area contributed by atoms with Crippen LogP contribution in [0.15, 0.2) is 18.2 Å². The predicted octanol–water partition coefficient (Wildman–Crippen LogP) is 2.50. The topological polar surface area (TPSA) is 55.9 Å². The Morgan fingerprint density at radius 2 is 2.06 bits per heavy atom. The fourth-order valence-corrected chi connectivity index (χ4v) is 1.67. The van der Waals surface area contributed by atoms with Gasteiger partial charge in [0.15, 0.2) is 5.82 Å². The molecule has 0 saturated heterocycles. The van der Waals surface area contributed by atoms with Crippen LogP contribution < -0.4 is 11.1 Å². The third kappa shape index (κ3) is 2.08. The van der Waals surface area contributed by atoms with Gasteiger partial charge in [-0.25, -0.2) is 4.39 Å². The number of rotatable bonds is 2. The van der Waals surface area contributed by atoms with Crippen molar-refractivity contribution in [1.82, 2.24) is 9.78 Å². The first-order chi connectivity index (χ1) is 7.99. The molecule has 0 aliphatic carbocycles. The molecule has 4 nitrogen and oxygen atoms in total. The van der Waals surface area contributed by atoms with Gasteiger partial charge in [0.05, 0.1) is 17.1 Å². The normalized spacial score (nSPS) is 10.6. The number of aromatic nitrogens is 2. The van der Waals surface area contributed by atoms with Gasteiger partial charge >= 0.3 is 0 Å². The molecule has 0 spiro atoms. The van der Waals surface area contributed by atoms with Crippen molar-refractivity contribution in [2.24, 2.45) is 7.05 Å². The molecule has 17 heavy (non-hydrogen) atoms. The Kier molecular flexibility index (Phi) is 2.75. The molecule has 0 atom stereocenters. The van der Waals surface area contributed by atoms with Crippen molar-refractivity contribution in [2.45, 2.75) is 13.8 Å². The maximum Gasteiger partial charge on any atom is 0.152 e. The molecule has 2 aromatic rings. The minimum atomic E-state index is -0.303. The summed E-state index contributed by atoms with van der Waals surface area (Å²) in [6.07, 6.45) is 0. The van der Waals surface area contributed by atoms with Crippen LogP contribution in [-0.2, 0) is 7.05 Å². The van der Waals surface area contributed by atoms with E-state index in [0.717, 1.165) is 11.3 Å². The number of halogens is 1. The first-order valence-electron chi connectivity index (χ1n) is 5.31. The van der Waals surface area contributed by atoms with Gasteiger partial charge in [-0.3, -0.25) is 4.68 Å². The summed E-state index contributed by atoms with van der Waals surface area (Å²) in [5.41, 5.74) is 8.39. The first kappa shape index (κ1) is 11.4. The third-order valence-electron chi connectivity index (χ3n) is 2.65. The van der Waals surface area contributed by atoms with Crippen LogP contribution in [0.5, 0.6) is 0 Å². The van der Waals surface area contributed by atoms with Gasteiger partial charge in [0.2, 0.25) is 0 Å². The van der Waals surface area contributed by atoms with E-state index in [4.69, 9.17) is 5.73 Å². The SMILES string of the molecule is Cc1ccc(Nc2c(N)c(C)nn2C)c(F)c1. The predicted molar refractivity (Wildman–Crippen MR) is 66.8 cm³/mol. The van der Waals surface area contributed by atoms with E-state index in [1.165, 1.54) is 6.07 Å². The minimum absolute atomic E-state index is 0.303. The Hall–Kier alpha value is -2.04. The van der Waals surface area contributed by atoms with Gasteiger partial charge < -0.3 is 11.1 Å². The van der Waals surface area contributed by atoms with E-state index in [9.17, 15) is 4.39 Å². The smallest absolute Gasteiger partial charge is 0.152 e. The minimum Gasteiger partial charge on any atom is -0.394 e. The zero-order valence-electron chi connectivity index (χ0n) is 10.1. The molecule has 0 aliphatic rings. The molecule has 90 valence electrons. The molecule has 0 aliphatic heterocycles. The molecule has 0 fully saturated rings. The second-order valence-electron chi connectivity index (χ2n) is 4.08. The summed E-state index contributed by atoms with van der Waals surface area (Å²) in [6, 6.07) is 5.00. The van der Waals surface area contributed by atoms with Crippen LogP contribution in [0.3, 0.4) is 0 Å². The maximum absolute atomic E-state index is 13.7. The number of nitrogen functional groups attached to an aromatic ring is 1. The largest absolute Gasteiger partial charge is 0.394 e. The van der Waals surface area contributed by atoms with Gasteiger partial charge in [-0.2, -0.15) is 5.10 Å². The summed E-state index contributed by atoms with van der Waals surface area (Å²) in [4.78, 5) is 0. The van der Waals surface area contributed by atoms with Crippen LogP contribution in [0.2, 0.25) is 0 Å². The van der Waals surface area contributed by atoms with E-state index >= 15 is 0 Å². The van der Waals surface area contributed by atoms with Crippen molar-refractivity contribution in [3.8, 4) is 0 Å². The number of benzene rings is 1. The van der Waals surface area contributed by atoms with Crippen molar-refractivity contribution in [1.29, 1.82) is 0 Å². The highest BCUT2D eigenvalue weighted by atomic mass is 19.1. The van der Waals surface area contributed by atoms with E-state index in [-0.39, 0.29) is 5.82 Å². The number of hydrogen-bond acceptors (Lipinski definition) is 3. The fourth-order valence-electron chi connectivity index (χ4n) is 1.67. The summed E-state index contributed by atoms with van der Waals surface area (Å²) >= 11 is 0. The van der Waals surface area contributed by atoms with Crippen LogP contribution in [0, 0.1) is 19.7 Å². The molecule has 0 amide bonds. The molecule has 0 unspecified atom stereocenters. The standard InChI is InChI=1S/C12H15FN4/c1-7-4-5-10(9(13)6-7)15-12-11(14)8(2)16-17(12)3/h4-6,15H,14H2,1-3H3. The lowest BCUT2D eigenvalue weighted by Gasteiger charge is -2.09. The lowest BCUT2D eigenvalue weighted by atomic mass is 10.2. The summed E-state index contributed by atoms with van der Waals surface area (Å²) < 4.78 is 15.3. The highest BCUT2D eigenvalue weighted by molar-refractivity contribution is 5.71. The molecule has 5 heteroatoms. The van der Waals surface area contributed by atoms with Gasteiger partial charge in [-0.15, -0.1) is 0 Å². The van der Waals surface area contributed by atoms with Crippen LogP contribution in [0.1, 0.15) is 11.3 Å². The molecule has 2 rings (SSSR count). The molecular weight excluding hydrogens is 219 g/mol. The number of aryl methyl sites for hydroxylation is 3. The Labute approximate surface area is 99.2 Å². The molecule has 1 heterocycles. The third-order valence-corrected chi connectivity index (χ3v) is 2.65. The Bertz CT molecular complexity index is 560. The van der Waals surface area contributed by atoms with Gasteiger partial charge in [-0.05, 0) is 31.5 Å². The monoisotopic (exact) mass is 234 g/mol. The van der Waals surface area contributed by atoms with Crippen molar-refractivity contribution in [2.75, 3.05) is 11.1 Å². The summed E-state index contributed by atoms with van der Waals surface area (Å²) in [6.45, 7) is 3.65. The number of nitrogens with two attached hydrogens (primary N) is 1. The number of nitrogens with zero attached hydrogens (tertiary/aromatic N) is 2. The van der Waals surface area contributed by atoms with Crippen LogP contribution in [0.25, 0.3) is 0 Å². The molecule has 0 saturated carbocycles. The highest BCUT2D eigenvalue weighted by Gasteiger charge is 2.11. The van der Waals surface area contributed by atoms with Gasteiger partial charge in [0.1, 0.15) is 5.82 Å². The van der Waals surface area contributed by atoms with Crippen molar-refractivity contribution >= 4 is 17.2 Å². The summed E-state index contributed by atoms with van der Waals surface area (Å²) in [5, 5.41) is 7.12.